The molecule has 0 radical (unpaired) electrons. The first-order chi connectivity index (χ1) is 9.36. The van der Waals surface area contributed by atoms with Crippen LogP contribution in [0.15, 0.2) is 23.0 Å². The molecule has 20 heavy (non-hydrogen) atoms. The highest BCUT2D eigenvalue weighted by molar-refractivity contribution is 9.09. The van der Waals surface area contributed by atoms with Crippen LogP contribution < -0.4 is 0 Å². The van der Waals surface area contributed by atoms with E-state index in [9.17, 15) is 0 Å². The lowest BCUT2D eigenvalue weighted by atomic mass is 10.1. The smallest absolute Gasteiger partial charge is 0.201 e. The van der Waals surface area contributed by atoms with Crippen molar-refractivity contribution >= 4 is 24.2 Å². The van der Waals surface area contributed by atoms with Gasteiger partial charge in [0.15, 0.2) is 0 Å². The molecule has 4 heteroatoms. The summed E-state index contributed by atoms with van der Waals surface area (Å²) in [6.07, 6.45) is 4.70. The van der Waals surface area contributed by atoms with Gasteiger partial charge in [-0.25, -0.2) is 0 Å². The summed E-state index contributed by atoms with van der Waals surface area (Å²) in [6, 6.07) is 2.04. The van der Waals surface area contributed by atoms with Crippen molar-refractivity contribution < 1.29 is 8.84 Å². The molecule has 0 fully saturated rings. The molecule has 1 rings (SSSR count). The van der Waals surface area contributed by atoms with Crippen molar-refractivity contribution in [2.75, 3.05) is 5.33 Å². The first-order valence-electron chi connectivity index (χ1n) is 7.62. The average molecular weight is 361 g/mol. The number of alkyl halides is 1. The number of hydrogen-bond donors (Lipinski definition) is 0. The van der Waals surface area contributed by atoms with Gasteiger partial charge in [0, 0.05) is 10.9 Å². The van der Waals surface area contributed by atoms with Gasteiger partial charge in [-0.3, -0.25) is 0 Å². The van der Waals surface area contributed by atoms with Gasteiger partial charge >= 0.3 is 0 Å². The first-order valence-corrected chi connectivity index (χ1v) is 10.9. The lowest BCUT2D eigenvalue weighted by molar-refractivity contribution is 0.172. The van der Waals surface area contributed by atoms with Crippen molar-refractivity contribution in [1.29, 1.82) is 0 Å². The Morgan fingerprint density at radius 3 is 2.00 bits per heavy atom. The predicted molar refractivity (Wildman–Crippen MR) is 92.0 cm³/mol. The van der Waals surface area contributed by atoms with Crippen LogP contribution in [-0.2, 0) is 4.43 Å². The van der Waals surface area contributed by atoms with E-state index in [1.165, 1.54) is 5.56 Å². The lowest BCUT2D eigenvalue weighted by Crippen LogP contribution is -2.48. The number of furan rings is 1. The van der Waals surface area contributed by atoms with Crippen LogP contribution in [0.1, 0.15) is 59.6 Å². The van der Waals surface area contributed by atoms with Gasteiger partial charge in [-0.2, -0.15) is 0 Å². The summed E-state index contributed by atoms with van der Waals surface area (Å²) in [5.74, 6) is 0. The van der Waals surface area contributed by atoms with Crippen molar-refractivity contribution in [3.63, 3.8) is 0 Å². The Morgan fingerprint density at radius 1 is 1.10 bits per heavy atom. The fourth-order valence-corrected chi connectivity index (χ4v) is 9.48. The minimum absolute atomic E-state index is 0.145. The van der Waals surface area contributed by atoms with Crippen molar-refractivity contribution in [2.24, 2.45) is 0 Å². The molecule has 1 aromatic heterocycles. The van der Waals surface area contributed by atoms with E-state index in [1.807, 2.05) is 12.3 Å². The monoisotopic (exact) mass is 360 g/mol. The van der Waals surface area contributed by atoms with Crippen LogP contribution in [0.2, 0.25) is 16.6 Å². The van der Waals surface area contributed by atoms with E-state index in [2.05, 4.69) is 57.5 Å². The standard InChI is InChI=1S/C16H29BrO2Si/c1-12(2)20(13(3)4,14(5)6)19-16(7-9-17)15-8-10-18-11-15/h8,10-14,16H,7,9H2,1-6H3. The maximum absolute atomic E-state index is 6.86. The molecule has 2 nitrogen and oxygen atoms in total. The summed E-state index contributed by atoms with van der Waals surface area (Å²) in [4.78, 5) is 0. The third-order valence-corrected chi connectivity index (χ3v) is 10.9. The van der Waals surface area contributed by atoms with Gasteiger partial charge < -0.3 is 8.84 Å². The highest BCUT2D eigenvalue weighted by Crippen LogP contribution is 2.45. The molecule has 0 amide bonds. The van der Waals surface area contributed by atoms with Crippen molar-refractivity contribution in [3.8, 4) is 0 Å². The number of halogens is 1. The molecule has 0 saturated heterocycles. The van der Waals surface area contributed by atoms with Gasteiger partial charge in [0.1, 0.15) is 0 Å². The zero-order valence-electron chi connectivity index (χ0n) is 13.7. The van der Waals surface area contributed by atoms with Crippen LogP contribution in [0.3, 0.4) is 0 Å². The third kappa shape index (κ3) is 3.77. The Kier molecular flexibility index (Phi) is 7.02. The molecular weight excluding hydrogens is 332 g/mol. The molecule has 1 unspecified atom stereocenters. The summed E-state index contributed by atoms with van der Waals surface area (Å²) in [5, 5.41) is 0.946. The molecule has 0 spiro atoms. The van der Waals surface area contributed by atoms with E-state index in [4.69, 9.17) is 8.84 Å². The fraction of sp³-hybridized carbons (Fsp3) is 0.750. The first kappa shape index (κ1) is 18.0. The summed E-state index contributed by atoms with van der Waals surface area (Å²) in [6.45, 7) is 14.0. The van der Waals surface area contributed by atoms with E-state index >= 15 is 0 Å². The molecule has 116 valence electrons. The Labute approximate surface area is 133 Å². The van der Waals surface area contributed by atoms with Crippen LogP contribution in [-0.4, -0.2) is 13.6 Å². The van der Waals surface area contributed by atoms with E-state index in [0.717, 1.165) is 11.8 Å². The molecule has 0 aliphatic carbocycles. The van der Waals surface area contributed by atoms with Gasteiger partial charge in [0.25, 0.3) is 0 Å². The van der Waals surface area contributed by atoms with Crippen molar-refractivity contribution in [3.05, 3.63) is 24.2 Å². The summed E-state index contributed by atoms with van der Waals surface area (Å²) in [5.41, 5.74) is 2.98. The molecule has 0 aliphatic rings. The summed E-state index contributed by atoms with van der Waals surface area (Å²) >= 11 is 3.56. The van der Waals surface area contributed by atoms with Crippen LogP contribution in [0, 0.1) is 0 Å². The summed E-state index contributed by atoms with van der Waals surface area (Å²) < 4.78 is 12.1. The topological polar surface area (TPSA) is 22.4 Å². The van der Waals surface area contributed by atoms with Gasteiger partial charge in [0.05, 0.1) is 18.6 Å². The molecule has 0 bridgehead atoms. The van der Waals surface area contributed by atoms with E-state index in [1.54, 1.807) is 6.26 Å². The Bertz CT molecular complexity index is 352. The number of hydrogen-bond acceptors (Lipinski definition) is 2. The van der Waals surface area contributed by atoms with E-state index in [0.29, 0.717) is 16.6 Å². The normalized spacial score (nSPS) is 14.5. The molecule has 0 N–H and O–H groups in total. The number of rotatable bonds is 8. The molecule has 0 aliphatic heterocycles. The third-order valence-electron chi connectivity index (χ3n) is 4.34. The second-order valence-corrected chi connectivity index (χ2v) is 12.7. The Balaban J connectivity index is 3.08. The van der Waals surface area contributed by atoms with Gasteiger partial charge in [-0.05, 0) is 29.1 Å². The van der Waals surface area contributed by atoms with E-state index in [-0.39, 0.29) is 6.10 Å². The second-order valence-electron chi connectivity index (χ2n) is 6.46. The fourth-order valence-electron chi connectivity index (χ4n) is 3.51. The average Bonchev–Trinajstić information content (AvgIpc) is 2.86. The minimum atomic E-state index is -1.85. The molecule has 0 saturated carbocycles. The molecule has 1 aromatic rings. The highest BCUT2D eigenvalue weighted by Gasteiger charge is 2.46. The SMILES string of the molecule is CC(C)[Si](OC(CCBr)c1ccoc1)(C(C)C)C(C)C. The second kappa shape index (κ2) is 7.81. The highest BCUT2D eigenvalue weighted by atomic mass is 79.9. The molecule has 1 atom stereocenters. The molecular formula is C16H29BrO2Si. The Hall–Kier alpha value is -0.0631. The quantitative estimate of drug-likeness (QED) is 0.400. The van der Waals surface area contributed by atoms with Crippen LogP contribution in [0.5, 0.6) is 0 Å². The Morgan fingerprint density at radius 2 is 1.65 bits per heavy atom. The molecule has 0 aromatic carbocycles. The minimum Gasteiger partial charge on any atom is -0.472 e. The maximum Gasteiger partial charge on any atom is 0.201 e. The van der Waals surface area contributed by atoms with Gasteiger partial charge in [-0.1, -0.05) is 57.5 Å². The van der Waals surface area contributed by atoms with Gasteiger partial charge in [0.2, 0.25) is 8.32 Å². The van der Waals surface area contributed by atoms with Crippen LogP contribution in [0.4, 0.5) is 0 Å². The zero-order chi connectivity index (χ0) is 15.3. The lowest BCUT2D eigenvalue weighted by Gasteiger charge is -2.44. The van der Waals surface area contributed by atoms with Crippen molar-refractivity contribution in [1.82, 2.24) is 0 Å². The largest absolute Gasteiger partial charge is 0.472 e. The van der Waals surface area contributed by atoms with Crippen LogP contribution in [0.25, 0.3) is 0 Å². The predicted octanol–water partition coefficient (Wildman–Crippen LogP) is 6.30. The maximum atomic E-state index is 6.86. The van der Waals surface area contributed by atoms with Crippen molar-refractivity contribution in [2.45, 2.75) is 70.7 Å². The molecule has 1 heterocycles. The van der Waals surface area contributed by atoms with E-state index < -0.39 is 8.32 Å². The van der Waals surface area contributed by atoms with Gasteiger partial charge in [-0.15, -0.1) is 0 Å². The van der Waals surface area contributed by atoms with Crippen LogP contribution >= 0.6 is 15.9 Å². The zero-order valence-corrected chi connectivity index (χ0v) is 16.2. The summed E-state index contributed by atoms with van der Waals surface area (Å²) in [7, 11) is -1.85.